The molecular formula is C22H38NaO3S. The van der Waals surface area contributed by atoms with E-state index in [0.29, 0.717) is 4.90 Å². The Hall–Kier alpha value is 0.130. The molecule has 0 saturated heterocycles. The largest absolute Gasteiger partial charge is 0.297 e. The van der Waals surface area contributed by atoms with Crippen LogP contribution in [-0.4, -0.2) is 44.6 Å². The third kappa shape index (κ3) is 11.7. The summed E-state index contributed by atoms with van der Waals surface area (Å²) in [5.74, 6) is 0. The average Bonchev–Trinajstić information content (AvgIpc) is 2.61. The first kappa shape index (κ1) is 27.1. The Bertz CT molecular complexity index is 600. The molecular weight excluding hydrogens is 367 g/mol. The van der Waals surface area contributed by atoms with Gasteiger partial charge in [0.05, 0.1) is 11.5 Å². The van der Waals surface area contributed by atoms with E-state index in [1.54, 1.807) is 12.1 Å². The molecule has 0 heterocycles. The van der Waals surface area contributed by atoms with E-state index in [9.17, 15) is 8.42 Å². The van der Waals surface area contributed by atoms with Crippen molar-refractivity contribution in [2.75, 3.05) is 6.61 Å². The van der Waals surface area contributed by atoms with E-state index in [1.165, 1.54) is 64.2 Å². The molecule has 0 bridgehead atoms. The van der Waals surface area contributed by atoms with Gasteiger partial charge in [-0.1, -0.05) is 89.7 Å². The number of aryl methyl sites for hydroxylation is 1. The van der Waals surface area contributed by atoms with Crippen LogP contribution in [0.3, 0.4) is 0 Å². The van der Waals surface area contributed by atoms with Gasteiger partial charge in [-0.05, 0) is 37.5 Å². The van der Waals surface area contributed by atoms with Gasteiger partial charge in [-0.3, -0.25) is 4.18 Å². The molecule has 0 aliphatic rings. The van der Waals surface area contributed by atoms with Crippen LogP contribution < -0.4 is 0 Å². The molecule has 0 spiro atoms. The van der Waals surface area contributed by atoms with Crippen molar-refractivity contribution < 1.29 is 12.6 Å². The first-order valence-electron chi connectivity index (χ1n) is 10.4. The molecule has 27 heavy (non-hydrogen) atoms. The van der Waals surface area contributed by atoms with E-state index >= 15 is 0 Å². The van der Waals surface area contributed by atoms with Gasteiger partial charge in [0.2, 0.25) is 0 Å². The summed E-state index contributed by atoms with van der Waals surface area (Å²) in [7, 11) is -3.63. The Morgan fingerprint density at radius 1 is 0.778 bits per heavy atom. The molecule has 1 radical (unpaired) electrons. The van der Waals surface area contributed by atoms with Crippen molar-refractivity contribution >= 4 is 39.7 Å². The smallest absolute Gasteiger partial charge is 0.266 e. The van der Waals surface area contributed by atoms with Crippen LogP contribution in [0.2, 0.25) is 0 Å². The maximum atomic E-state index is 12.3. The van der Waals surface area contributed by atoms with E-state index < -0.39 is 10.1 Å². The third-order valence-corrected chi connectivity index (χ3v) is 6.52. The quantitative estimate of drug-likeness (QED) is 0.194. The van der Waals surface area contributed by atoms with Crippen molar-refractivity contribution in [2.45, 2.75) is 103 Å². The van der Waals surface area contributed by atoms with Crippen LogP contribution in [0, 0.1) is 13.8 Å². The molecule has 0 unspecified atom stereocenters. The Kier molecular flexibility index (Phi) is 16.1. The molecule has 0 aliphatic carbocycles. The van der Waals surface area contributed by atoms with Gasteiger partial charge in [-0.15, -0.1) is 0 Å². The van der Waals surface area contributed by atoms with Crippen LogP contribution in [0.15, 0.2) is 23.1 Å². The Morgan fingerprint density at radius 3 is 1.78 bits per heavy atom. The van der Waals surface area contributed by atoms with Gasteiger partial charge in [-0.2, -0.15) is 8.42 Å². The summed E-state index contributed by atoms with van der Waals surface area (Å²) in [6.45, 7) is 6.28. The van der Waals surface area contributed by atoms with E-state index in [-0.39, 0.29) is 36.2 Å². The topological polar surface area (TPSA) is 43.4 Å². The van der Waals surface area contributed by atoms with Crippen molar-refractivity contribution in [1.82, 2.24) is 0 Å². The molecule has 5 heteroatoms. The van der Waals surface area contributed by atoms with E-state index in [4.69, 9.17) is 4.18 Å². The van der Waals surface area contributed by atoms with Gasteiger partial charge < -0.3 is 0 Å². The summed E-state index contributed by atoms with van der Waals surface area (Å²) in [5, 5.41) is 0. The second-order valence-electron chi connectivity index (χ2n) is 7.36. The predicted octanol–water partition coefficient (Wildman–Crippen LogP) is 6.33. The number of benzene rings is 1. The second-order valence-corrected chi connectivity index (χ2v) is 8.95. The first-order chi connectivity index (χ1) is 12.5. The number of hydrogen-bond acceptors (Lipinski definition) is 3. The monoisotopic (exact) mass is 405 g/mol. The van der Waals surface area contributed by atoms with Crippen LogP contribution in [0.5, 0.6) is 0 Å². The normalized spacial score (nSPS) is 11.4. The fourth-order valence-corrected chi connectivity index (χ4v) is 4.42. The fourth-order valence-electron chi connectivity index (χ4n) is 3.17. The van der Waals surface area contributed by atoms with E-state index in [0.717, 1.165) is 24.0 Å². The molecule has 1 aromatic carbocycles. The van der Waals surface area contributed by atoms with Crippen LogP contribution in [-0.2, 0) is 14.3 Å². The van der Waals surface area contributed by atoms with Gasteiger partial charge in [-0.25, -0.2) is 0 Å². The minimum Gasteiger partial charge on any atom is -0.266 e. The molecule has 3 nitrogen and oxygen atoms in total. The van der Waals surface area contributed by atoms with Crippen molar-refractivity contribution in [3.8, 4) is 0 Å². The molecule has 0 amide bonds. The Morgan fingerprint density at radius 2 is 1.26 bits per heavy atom. The number of hydrogen-bond donors (Lipinski definition) is 0. The zero-order valence-electron chi connectivity index (χ0n) is 18.1. The molecule has 0 aromatic heterocycles. The summed E-state index contributed by atoms with van der Waals surface area (Å²) >= 11 is 0. The summed E-state index contributed by atoms with van der Waals surface area (Å²) in [4.78, 5) is 0.302. The van der Waals surface area contributed by atoms with Crippen LogP contribution in [0.25, 0.3) is 0 Å². The summed E-state index contributed by atoms with van der Waals surface area (Å²) < 4.78 is 29.8. The van der Waals surface area contributed by atoms with Crippen LogP contribution >= 0.6 is 0 Å². The molecule has 0 saturated carbocycles. The third-order valence-electron chi connectivity index (χ3n) is 5.06. The molecule has 0 fully saturated rings. The van der Waals surface area contributed by atoms with Crippen molar-refractivity contribution in [3.63, 3.8) is 0 Å². The molecule has 0 aliphatic heterocycles. The number of rotatable bonds is 15. The van der Waals surface area contributed by atoms with Gasteiger partial charge in [0.15, 0.2) is 0 Å². The molecule has 151 valence electrons. The van der Waals surface area contributed by atoms with Gasteiger partial charge in [0.25, 0.3) is 10.1 Å². The Labute approximate surface area is 190 Å². The summed E-state index contributed by atoms with van der Waals surface area (Å²) in [6.07, 6.45) is 15.1. The minimum absolute atomic E-state index is 0. The average molecular weight is 406 g/mol. The van der Waals surface area contributed by atoms with E-state index in [1.807, 2.05) is 19.9 Å². The standard InChI is InChI=1S/C22H38O3S.Na/c1-4-5-6-7-8-9-10-11-12-13-14-15-19-25-26(23,24)22-18-16-17-20(2)21(22)3;/h16-18H,4-15,19H2,1-3H3;. The SMILES string of the molecule is CCCCCCCCCCCCCCOS(=O)(=O)c1cccc(C)c1C.[Na]. The maximum Gasteiger partial charge on any atom is 0.297 e. The summed E-state index contributed by atoms with van der Waals surface area (Å²) in [5.41, 5.74) is 1.75. The van der Waals surface area contributed by atoms with Crippen molar-refractivity contribution in [3.05, 3.63) is 29.3 Å². The molecule has 1 aromatic rings. The predicted molar refractivity (Wildman–Crippen MR) is 116 cm³/mol. The number of unbranched alkanes of at least 4 members (excludes halogenated alkanes) is 11. The zero-order valence-corrected chi connectivity index (χ0v) is 20.9. The second kappa shape index (κ2) is 16.0. The van der Waals surface area contributed by atoms with Crippen LogP contribution in [0.1, 0.15) is 95.1 Å². The van der Waals surface area contributed by atoms with E-state index in [2.05, 4.69) is 6.92 Å². The Balaban J connectivity index is 0.00000676. The van der Waals surface area contributed by atoms with Crippen LogP contribution in [0.4, 0.5) is 0 Å². The first-order valence-corrected chi connectivity index (χ1v) is 11.9. The van der Waals surface area contributed by atoms with Crippen molar-refractivity contribution in [1.29, 1.82) is 0 Å². The van der Waals surface area contributed by atoms with Gasteiger partial charge >= 0.3 is 0 Å². The van der Waals surface area contributed by atoms with Gasteiger partial charge in [0.1, 0.15) is 0 Å². The molecule has 1 rings (SSSR count). The summed E-state index contributed by atoms with van der Waals surface area (Å²) in [6, 6.07) is 5.31. The molecule has 0 N–H and O–H groups in total. The minimum atomic E-state index is -3.63. The van der Waals surface area contributed by atoms with Gasteiger partial charge in [0, 0.05) is 29.6 Å². The zero-order chi connectivity index (χ0) is 19.3. The molecule has 0 atom stereocenters. The maximum absolute atomic E-state index is 12.3. The van der Waals surface area contributed by atoms with Crippen molar-refractivity contribution in [2.24, 2.45) is 0 Å². The fraction of sp³-hybridized carbons (Fsp3) is 0.727.